The van der Waals surface area contributed by atoms with Gasteiger partial charge < -0.3 is 0 Å². The molecule has 0 radical (unpaired) electrons. The van der Waals surface area contributed by atoms with E-state index in [0.717, 1.165) is 0 Å². The fraction of sp³-hybridized carbons (Fsp3) is 0. The topological polar surface area (TPSA) is 25.8 Å². The predicted molar refractivity (Wildman–Crippen MR) is 92.7 cm³/mol. The van der Waals surface area contributed by atoms with Gasteiger partial charge in [0.05, 0.1) is 11.4 Å². The highest BCUT2D eigenvalue weighted by Gasteiger charge is 1.98. The lowest BCUT2D eigenvalue weighted by Crippen LogP contribution is -1.89. The lowest BCUT2D eigenvalue weighted by atomic mass is 10.1. The van der Waals surface area contributed by atoms with Crippen molar-refractivity contribution in [2.75, 3.05) is 0 Å². The molecule has 0 aliphatic carbocycles. The van der Waals surface area contributed by atoms with E-state index in [0.29, 0.717) is 22.5 Å². The number of hydrogen-bond acceptors (Lipinski definition) is 2. The van der Waals surface area contributed by atoms with Gasteiger partial charge in [0, 0.05) is 11.1 Å². The molecule has 1 aromatic heterocycles. The molecule has 0 saturated heterocycles. The molecule has 0 saturated carbocycles. The van der Waals surface area contributed by atoms with Crippen LogP contribution in [0.5, 0.6) is 0 Å². The summed E-state index contributed by atoms with van der Waals surface area (Å²) < 4.78 is 27.0. The minimum atomic E-state index is -0.286. The van der Waals surface area contributed by atoms with E-state index in [4.69, 9.17) is 0 Å². The Morgan fingerprint density at radius 3 is 1.33 bits per heavy atom. The molecule has 0 bridgehead atoms. The van der Waals surface area contributed by atoms with Gasteiger partial charge >= 0.3 is 0 Å². The van der Waals surface area contributed by atoms with E-state index in [2.05, 4.69) is 10.2 Å². The molecular weight excluding hydrogens is 306 g/mol. The van der Waals surface area contributed by atoms with Crippen LogP contribution in [0.25, 0.3) is 24.3 Å². The summed E-state index contributed by atoms with van der Waals surface area (Å²) in [4.78, 5) is 0. The largest absolute Gasteiger partial charge is 0.206 e. The smallest absolute Gasteiger partial charge is 0.130 e. The highest BCUT2D eigenvalue weighted by Crippen LogP contribution is 2.12. The van der Waals surface area contributed by atoms with E-state index in [-0.39, 0.29) is 11.6 Å². The second-order valence-electron chi connectivity index (χ2n) is 5.09. The first-order valence-corrected chi connectivity index (χ1v) is 7.41. The number of aromatic nitrogens is 2. The Bertz CT molecular complexity index is 810. The van der Waals surface area contributed by atoms with Gasteiger partial charge in [0.2, 0.25) is 0 Å². The Balaban J connectivity index is 1.72. The van der Waals surface area contributed by atoms with Gasteiger partial charge in [-0.3, -0.25) is 0 Å². The zero-order valence-corrected chi connectivity index (χ0v) is 12.7. The third kappa shape index (κ3) is 3.98. The summed E-state index contributed by atoms with van der Waals surface area (Å²) in [5, 5.41) is 8.11. The van der Waals surface area contributed by atoms with Crippen LogP contribution in [0.2, 0.25) is 0 Å². The standard InChI is InChI=1S/C20H14F2N2/c21-19-7-3-1-5-15(19)9-11-17-13-14-18(24-23-17)12-10-16-6-2-4-8-20(16)22/h1-14H/b11-9-,12-10+. The highest BCUT2D eigenvalue weighted by molar-refractivity contribution is 5.70. The normalized spacial score (nSPS) is 11.4. The van der Waals surface area contributed by atoms with E-state index in [1.807, 2.05) is 0 Å². The second-order valence-corrected chi connectivity index (χ2v) is 5.09. The first-order chi connectivity index (χ1) is 11.7. The van der Waals surface area contributed by atoms with Gasteiger partial charge in [0.15, 0.2) is 0 Å². The molecule has 2 aromatic carbocycles. The number of nitrogens with zero attached hydrogens (tertiary/aromatic N) is 2. The summed E-state index contributed by atoms with van der Waals surface area (Å²) in [5.74, 6) is -0.572. The van der Waals surface area contributed by atoms with Gasteiger partial charge in [-0.25, -0.2) is 8.78 Å². The average Bonchev–Trinajstić information content (AvgIpc) is 2.61. The molecule has 3 aromatic rings. The number of halogens is 2. The summed E-state index contributed by atoms with van der Waals surface area (Å²) >= 11 is 0. The molecule has 24 heavy (non-hydrogen) atoms. The number of hydrogen-bond donors (Lipinski definition) is 0. The van der Waals surface area contributed by atoms with E-state index >= 15 is 0 Å². The van der Waals surface area contributed by atoms with Crippen LogP contribution < -0.4 is 0 Å². The molecule has 0 unspecified atom stereocenters. The molecule has 1 heterocycles. The Labute approximate surface area is 138 Å². The van der Waals surface area contributed by atoms with Crippen molar-refractivity contribution in [1.82, 2.24) is 10.2 Å². The van der Waals surface area contributed by atoms with Crippen LogP contribution in [0.3, 0.4) is 0 Å². The highest BCUT2D eigenvalue weighted by atomic mass is 19.1. The van der Waals surface area contributed by atoms with Crippen molar-refractivity contribution in [3.63, 3.8) is 0 Å². The summed E-state index contributed by atoms with van der Waals surface area (Å²) in [5.41, 5.74) is 2.20. The fourth-order valence-electron chi connectivity index (χ4n) is 2.10. The van der Waals surface area contributed by atoms with Crippen molar-refractivity contribution < 1.29 is 8.78 Å². The van der Waals surface area contributed by atoms with Crippen molar-refractivity contribution in [2.24, 2.45) is 0 Å². The fourth-order valence-corrected chi connectivity index (χ4v) is 2.10. The maximum atomic E-state index is 13.5. The SMILES string of the molecule is Fc1ccccc1/C=C\c1ccc(/C=C/c2ccccc2F)nn1. The van der Waals surface area contributed by atoms with Crippen LogP contribution in [0.4, 0.5) is 8.78 Å². The zero-order chi connectivity index (χ0) is 16.8. The molecule has 4 heteroatoms. The van der Waals surface area contributed by atoms with Crippen LogP contribution in [-0.4, -0.2) is 10.2 Å². The van der Waals surface area contributed by atoms with Gasteiger partial charge in [0.25, 0.3) is 0 Å². The molecule has 2 nitrogen and oxygen atoms in total. The van der Waals surface area contributed by atoms with Crippen molar-refractivity contribution >= 4 is 24.3 Å². The van der Waals surface area contributed by atoms with Crippen LogP contribution >= 0.6 is 0 Å². The first kappa shape index (κ1) is 15.7. The molecule has 3 rings (SSSR count). The molecule has 0 fully saturated rings. The quantitative estimate of drug-likeness (QED) is 0.668. The zero-order valence-electron chi connectivity index (χ0n) is 12.7. The van der Waals surface area contributed by atoms with Crippen molar-refractivity contribution in [3.05, 3.63) is 94.8 Å². The third-order valence-corrected chi connectivity index (χ3v) is 3.38. The third-order valence-electron chi connectivity index (χ3n) is 3.38. The summed E-state index contributed by atoms with van der Waals surface area (Å²) in [6.45, 7) is 0. The monoisotopic (exact) mass is 320 g/mol. The van der Waals surface area contributed by atoms with Gasteiger partial charge in [-0.1, -0.05) is 36.4 Å². The minimum Gasteiger partial charge on any atom is -0.206 e. The maximum Gasteiger partial charge on any atom is 0.130 e. The van der Waals surface area contributed by atoms with Crippen molar-refractivity contribution in [3.8, 4) is 0 Å². The molecule has 0 spiro atoms. The van der Waals surface area contributed by atoms with Gasteiger partial charge in [-0.05, 0) is 48.6 Å². The van der Waals surface area contributed by atoms with Gasteiger partial charge in [0.1, 0.15) is 11.6 Å². The Morgan fingerprint density at radius 1 is 0.542 bits per heavy atom. The van der Waals surface area contributed by atoms with Gasteiger partial charge in [-0.2, -0.15) is 10.2 Å². The maximum absolute atomic E-state index is 13.5. The lowest BCUT2D eigenvalue weighted by Gasteiger charge is -1.97. The molecule has 0 N–H and O–H groups in total. The van der Waals surface area contributed by atoms with Crippen molar-refractivity contribution in [2.45, 2.75) is 0 Å². The summed E-state index contributed by atoms with van der Waals surface area (Å²) in [6, 6.07) is 16.5. The average molecular weight is 320 g/mol. The molecular formula is C20H14F2N2. The first-order valence-electron chi connectivity index (χ1n) is 7.41. The van der Waals surface area contributed by atoms with Crippen LogP contribution in [-0.2, 0) is 0 Å². The number of rotatable bonds is 4. The van der Waals surface area contributed by atoms with Crippen molar-refractivity contribution in [1.29, 1.82) is 0 Å². The Morgan fingerprint density at radius 2 is 0.958 bits per heavy atom. The summed E-state index contributed by atoms with van der Waals surface area (Å²) in [6.07, 6.45) is 6.67. The lowest BCUT2D eigenvalue weighted by molar-refractivity contribution is 0.625. The number of benzene rings is 2. The molecule has 0 aliphatic heterocycles. The van der Waals surface area contributed by atoms with Gasteiger partial charge in [-0.15, -0.1) is 0 Å². The van der Waals surface area contributed by atoms with E-state index in [9.17, 15) is 8.78 Å². The van der Waals surface area contributed by atoms with Crippen LogP contribution in [0.15, 0.2) is 60.7 Å². The van der Waals surface area contributed by atoms with E-state index in [1.165, 1.54) is 12.1 Å². The molecule has 118 valence electrons. The molecule has 0 amide bonds. The van der Waals surface area contributed by atoms with Crippen LogP contribution in [0, 0.1) is 11.6 Å². The Kier molecular flexibility index (Phi) is 4.87. The Hall–Kier alpha value is -3.14. The molecule has 0 atom stereocenters. The predicted octanol–water partition coefficient (Wildman–Crippen LogP) is 5.10. The molecule has 0 aliphatic rings. The summed E-state index contributed by atoms with van der Waals surface area (Å²) in [7, 11) is 0. The van der Waals surface area contributed by atoms with E-state index < -0.39 is 0 Å². The second kappa shape index (κ2) is 7.42. The minimum absolute atomic E-state index is 0.286. The van der Waals surface area contributed by atoms with Crippen LogP contribution in [0.1, 0.15) is 22.5 Å². The van der Waals surface area contributed by atoms with E-state index in [1.54, 1.807) is 72.8 Å².